The summed E-state index contributed by atoms with van der Waals surface area (Å²) in [6.45, 7) is 5.04. The van der Waals surface area contributed by atoms with Crippen molar-refractivity contribution >= 4 is 11.9 Å². The molecule has 1 aliphatic rings. The molecule has 0 aromatic carbocycles. The summed E-state index contributed by atoms with van der Waals surface area (Å²) in [6.07, 6.45) is 15.4. The monoisotopic (exact) mass is 353 g/mol. The molecule has 1 unspecified atom stereocenters. The first-order valence-electron chi connectivity index (χ1n) is 10.6. The third kappa shape index (κ3) is 8.24. The molecule has 1 saturated heterocycles. The van der Waals surface area contributed by atoms with E-state index in [4.69, 9.17) is 0 Å². The van der Waals surface area contributed by atoms with Gasteiger partial charge in [0.25, 0.3) is 0 Å². The molecule has 1 aliphatic heterocycles. The highest BCUT2D eigenvalue weighted by molar-refractivity contribution is 5.85. The van der Waals surface area contributed by atoms with Crippen LogP contribution in [0.2, 0.25) is 0 Å². The number of hydrogen-bond acceptors (Lipinski definition) is 2. The Morgan fingerprint density at radius 2 is 1.44 bits per heavy atom. The number of amides is 1. The number of carboxylic acid groups (broad SMARTS) is 1. The summed E-state index contributed by atoms with van der Waals surface area (Å²) in [7, 11) is 0. The number of likely N-dealkylation sites (tertiary alicyclic amines) is 1. The normalized spacial score (nSPS) is 18.5. The van der Waals surface area contributed by atoms with Crippen molar-refractivity contribution in [2.24, 2.45) is 5.92 Å². The van der Waals surface area contributed by atoms with Gasteiger partial charge in [0.15, 0.2) is 0 Å². The summed E-state index contributed by atoms with van der Waals surface area (Å²) in [5.74, 6) is -0.701. The van der Waals surface area contributed by atoms with Gasteiger partial charge < -0.3 is 10.0 Å². The molecule has 0 aromatic heterocycles. The number of nitrogens with zero attached hydrogens (tertiary/aromatic N) is 1. The molecule has 146 valence electrons. The van der Waals surface area contributed by atoms with Crippen molar-refractivity contribution in [3.8, 4) is 0 Å². The van der Waals surface area contributed by atoms with Crippen LogP contribution < -0.4 is 0 Å². The van der Waals surface area contributed by atoms with E-state index >= 15 is 0 Å². The lowest BCUT2D eigenvalue weighted by Gasteiger charge is -2.27. The summed E-state index contributed by atoms with van der Waals surface area (Å²) in [4.78, 5) is 26.0. The standard InChI is InChI=1S/C21H39NO3/c1-3-5-7-9-10-12-15-18(14-11-8-6-4-2)20(23)22-17-13-16-19(22)21(24)25/h18-19H,3-17H2,1-2H3,(H,24,25)/t18?,19-/m0/s1. The molecule has 1 rings (SSSR count). The van der Waals surface area contributed by atoms with Crippen LogP contribution in [0, 0.1) is 5.92 Å². The summed E-state index contributed by atoms with van der Waals surface area (Å²) in [5.41, 5.74) is 0. The molecule has 4 nitrogen and oxygen atoms in total. The first-order valence-corrected chi connectivity index (χ1v) is 10.6. The van der Waals surface area contributed by atoms with Gasteiger partial charge in [-0.05, 0) is 25.7 Å². The molecular weight excluding hydrogens is 314 g/mol. The van der Waals surface area contributed by atoms with Crippen LogP contribution >= 0.6 is 0 Å². The van der Waals surface area contributed by atoms with Crippen LogP contribution in [-0.2, 0) is 9.59 Å². The third-order valence-electron chi connectivity index (χ3n) is 5.48. The van der Waals surface area contributed by atoms with Crippen LogP contribution in [0.25, 0.3) is 0 Å². The van der Waals surface area contributed by atoms with Gasteiger partial charge in [-0.3, -0.25) is 4.79 Å². The number of unbranched alkanes of at least 4 members (excludes halogenated alkanes) is 8. The Bertz CT molecular complexity index is 383. The summed E-state index contributed by atoms with van der Waals surface area (Å²) in [5, 5.41) is 9.36. The predicted octanol–water partition coefficient (Wildman–Crippen LogP) is 5.40. The maximum Gasteiger partial charge on any atom is 0.326 e. The highest BCUT2D eigenvalue weighted by atomic mass is 16.4. The zero-order chi connectivity index (χ0) is 18.5. The Kier molecular flexibility index (Phi) is 11.6. The molecule has 1 N–H and O–H groups in total. The molecule has 0 radical (unpaired) electrons. The first-order chi connectivity index (χ1) is 12.1. The van der Waals surface area contributed by atoms with Gasteiger partial charge in [-0.25, -0.2) is 4.79 Å². The van der Waals surface area contributed by atoms with Crippen LogP contribution in [-0.4, -0.2) is 34.5 Å². The second-order valence-corrected chi connectivity index (χ2v) is 7.63. The third-order valence-corrected chi connectivity index (χ3v) is 5.48. The molecule has 2 atom stereocenters. The Labute approximate surface area is 154 Å². The molecule has 1 amide bonds. The van der Waals surface area contributed by atoms with Gasteiger partial charge in [0, 0.05) is 12.5 Å². The lowest BCUT2D eigenvalue weighted by atomic mass is 9.92. The van der Waals surface area contributed by atoms with Crippen LogP contribution in [0.1, 0.15) is 104 Å². The number of carboxylic acids is 1. The van der Waals surface area contributed by atoms with E-state index in [2.05, 4.69) is 13.8 Å². The Balaban J connectivity index is 2.50. The van der Waals surface area contributed by atoms with Crippen molar-refractivity contribution in [1.29, 1.82) is 0 Å². The molecule has 4 heteroatoms. The van der Waals surface area contributed by atoms with Gasteiger partial charge >= 0.3 is 5.97 Å². The SMILES string of the molecule is CCCCCCCCC(CCCCCC)C(=O)N1CCC[C@H]1C(=O)O. The fraction of sp³-hybridized carbons (Fsp3) is 0.905. The number of rotatable bonds is 14. The highest BCUT2D eigenvalue weighted by Crippen LogP contribution is 2.26. The summed E-state index contributed by atoms with van der Waals surface area (Å²) < 4.78 is 0. The largest absolute Gasteiger partial charge is 0.480 e. The van der Waals surface area contributed by atoms with Crippen molar-refractivity contribution < 1.29 is 14.7 Å². The van der Waals surface area contributed by atoms with E-state index in [-0.39, 0.29) is 11.8 Å². The van der Waals surface area contributed by atoms with Crippen molar-refractivity contribution in [3.05, 3.63) is 0 Å². The highest BCUT2D eigenvalue weighted by Gasteiger charge is 2.36. The summed E-state index contributed by atoms with van der Waals surface area (Å²) in [6, 6.07) is -0.588. The van der Waals surface area contributed by atoms with E-state index in [0.29, 0.717) is 13.0 Å². The van der Waals surface area contributed by atoms with E-state index in [1.807, 2.05) is 0 Å². The minimum absolute atomic E-state index is 0.0305. The Morgan fingerprint density at radius 3 is 2.00 bits per heavy atom. The van der Waals surface area contributed by atoms with Crippen molar-refractivity contribution in [2.45, 2.75) is 110 Å². The maximum atomic E-state index is 13.0. The molecule has 0 spiro atoms. The van der Waals surface area contributed by atoms with E-state index in [0.717, 1.165) is 32.1 Å². The van der Waals surface area contributed by atoms with Crippen molar-refractivity contribution in [2.75, 3.05) is 6.54 Å². The van der Waals surface area contributed by atoms with Crippen LogP contribution in [0.15, 0.2) is 0 Å². The second-order valence-electron chi connectivity index (χ2n) is 7.63. The average Bonchev–Trinajstić information content (AvgIpc) is 3.09. The Hall–Kier alpha value is -1.06. The second kappa shape index (κ2) is 13.2. The van der Waals surface area contributed by atoms with Crippen molar-refractivity contribution in [1.82, 2.24) is 4.90 Å². The van der Waals surface area contributed by atoms with E-state index in [9.17, 15) is 14.7 Å². The molecule has 1 fully saturated rings. The minimum Gasteiger partial charge on any atom is -0.480 e. The van der Waals surface area contributed by atoms with E-state index < -0.39 is 12.0 Å². The first kappa shape index (κ1) is 22.0. The molecule has 1 heterocycles. The van der Waals surface area contributed by atoms with Gasteiger partial charge in [-0.1, -0.05) is 78.1 Å². The molecule has 25 heavy (non-hydrogen) atoms. The molecule has 0 aromatic rings. The minimum atomic E-state index is -0.838. The van der Waals surface area contributed by atoms with Gasteiger partial charge in [0.05, 0.1) is 0 Å². The van der Waals surface area contributed by atoms with Crippen molar-refractivity contribution in [3.63, 3.8) is 0 Å². The van der Waals surface area contributed by atoms with Gasteiger partial charge in [-0.15, -0.1) is 0 Å². The zero-order valence-corrected chi connectivity index (χ0v) is 16.5. The van der Waals surface area contributed by atoms with E-state index in [1.54, 1.807) is 4.90 Å². The number of hydrogen-bond donors (Lipinski definition) is 1. The fourth-order valence-electron chi connectivity index (χ4n) is 3.90. The maximum absolute atomic E-state index is 13.0. The van der Waals surface area contributed by atoms with Crippen LogP contribution in [0.3, 0.4) is 0 Å². The van der Waals surface area contributed by atoms with Crippen LogP contribution in [0.5, 0.6) is 0 Å². The lowest BCUT2D eigenvalue weighted by molar-refractivity contribution is -0.150. The number of carbonyl (C=O) groups excluding carboxylic acids is 1. The zero-order valence-electron chi connectivity index (χ0n) is 16.5. The van der Waals surface area contributed by atoms with Gasteiger partial charge in [0.1, 0.15) is 6.04 Å². The Morgan fingerprint density at radius 1 is 0.920 bits per heavy atom. The predicted molar refractivity (Wildman–Crippen MR) is 103 cm³/mol. The van der Waals surface area contributed by atoms with Crippen LogP contribution in [0.4, 0.5) is 0 Å². The molecular formula is C21H39NO3. The lowest BCUT2D eigenvalue weighted by Crippen LogP contribution is -2.43. The van der Waals surface area contributed by atoms with E-state index in [1.165, 1.54) is 51.4 Å². The smallest absolute Gasteiger partial charge is 0.326 e. The van der Waals surface area contributed by atoms with Gasteiger partial charge in [-0.2, -0.15) is 0 Å². The summed E-state index contributed by atoms with van der Waals surface area (Å²) >= 11 is 0. The topological polar surface area (TPSA) is 57.6 Å². The quantitative estimate of drug-likeness (QED) is 0.425. The molecule has 0 saturated carbocycles. The fourth-order valence-corrected chi connectivity index (χ4v) is 3.90. The van der Waals surface area contributed by atoms with Gasteiger partial charge in [0.2, 0.25) is 5.91 Å². The number of aliphatic carboxylic acids is 1. The average molecular weight is 354 g/mol. The number of carbonyl (C=O) groups is 2. The molecule has 0 aliphatic carbocycles. The molecule has 0 bridgehead atoms.